The van der Waals surface area contributed by atoms with E-state index in [0.29, 0.717) is 12.2 Å². The van der Waals surface area contributed by atoms with Gasteiger partial charge < -0.3 is 19.5 Å². The van der Waals surface area contributed by atoms with Crippen LogP contribution in [-0.2, 0) is 5.60 Å². The molecule has 0 amide bonds. The third kappa shape index (κ3) is 5.16. The molecule has 1 fully saturated rings. The molecule has 0 aliphatic carbocycles. The summed E-state index contributed by atoms with van der Waals surface area (Å²) in [5, 5.41) is 11.4. The van der Waals surface area contributed by atoms with Crippen LogP contribution >= 0.6 is 0 Å². The molecular formula is C26H37NO3. The van der Waals surface area contributed by atoms with Crippen molar-refractivity contribution >= 4 is 0 Å². The number of piperidine rings is 1. The SMILES string of the molecule is CCC1CCCCN1CCCOc1ccc(C(O)(CC)c2ccccc2OC)cc1. The molecule has 2 unspecified atom stereocenters. The van der Waals surface area contributed by atoms with Crippen molar-refractivity contribution in [2.45, 2.75) is 64.0 Å². The number of rotatable bonds is 10. The lowest BCUT2D eigenvalue weighted by molar-refractivity contribution is 0.0736. The largest absolute Gasteiger partial charge is 0.496 e. The number of methoxy groups -OCH3 is 1. The summed E-state index contributed by atoms with van der Waals surface area (Å²) in [5.74, 6) is 1.55. The Labute approximate surface area is 181 Å². The molecule has 164 valence electrons. The monoisotopic (exact) mass is 411 g/mol. The van der Waals surface area contributed by atoms with Gasteiger partial charge in [0.2, 0.25) is 0 Å². The Morgan fingerprint density at radius 2 is 1.83 bits per heavy atom. The number of benzene rings is 2. The van der Waals surface area contributed by atoms with Crippen molar-refractivity contribution in [1.82, 2.24) is 4.90 Å². The lowest BCUT2D eigenvalue weighted by atomic mass is 9.83. The van der Waals surface area contributed by atoms with Gasteiger partial charge in [-0.3, -0.25) is 0 Å². The summed E-state index contributed by atoms with van der Waals surface area (Å²) in [4.78, 5) is 2.63. The van der Waals surface area contributed by atoms with Crippen LogP contribution in [0.1, 0.15) is 63.5 Å². The van der Waals surface area contributed by atoms with Crippen LogP contribution in [0.2, 0.25) is 0 Å². The maximum absolute atomic E-state index is 11.4. The van der Waals surface area contributed by atoms with Crippen LogP contribution in [0.25, 0.3) is 0 Å². The van der Waals surface area contributed by atoms with E-state index in [0.717, 1.165) is 42.5 Å². The molecule has 0 bridgehead atoms. The van der Waals surface area contributed by atoms with Crippen LogP contribution in [-0.4, -0.2) is 42.9 Å². The minimum Gasteiger partial charge on any atom is -0.496 e. The van der Waals surface area contributed by atoms with Crippen molar-refractivity contribution in [3.8, 4) is 11.5 Å². The molecular weight excluding hydrogens is 374 g/mol. The van der Waals surface area contributed by atoms with Crippen molar-refractivity contribution in [2.24, 2.45) is 0 Å². The zero-order valence-electron chi connectivity index (χ0n) is 18.8. The number of hydrogen-bond donors (Lipinski definition) is 1. The summed E-state index contributed by atoms with van der Waals surface area (Å²) < 4.78 is 11.5. The van der Waals surface area contributed by atoms with Gasteiger partial charge in [0.1, 0.15) is 17.1 Å². The van der Waals surface area contributed by atoms with Gasteiger partial charge in [-0.1, -0.05) is 50.6 Å². The van der Waals surface area contributed by atoms with Gasteiger partial charge in [0, 0.05) is 18.2 Å². The van der Waals surface area contributed by atoms with E-state index in [1.807, 2.05) is 55.5 Å². The summed E-state index contributed by atoms with van der Waals surface area (Å²) in [5.41, 5.74) is 0.547. The van der Waals surface area contributed by atoms with Gasteiger partial charge >= 0.3 is 0 Å². The van der Waals surface area contributed by atoms with Crippen LogP contribution < -0.4 is 9.47 Å². The molecule has 1 saturated heterocycles. The van der Waals surface area contributed by atoms with E-state index < -0.39 is 5.60 Å². The first-order valence-electron chi connectivity index (χ1n) is 11.5. The van der Waals surface area contributed by atoms with Crippen LogP contribution in [0.4, 0.5) is 0 Å². The predicted octanol–water partition coefficient (Wildman–Crippen LogP) is 5.37. The highest BCUT2D eigenvalue weighted by Crippen LogP contribution is 2.38. The molecule has 0 aromatic heterocycles. The number of nitrogens with zero attached hydrogens (tertiary/aromatic N) is 1. The fraction of sp³-hybridized carbons (Fsp3) is 0.538. The second kappa shape index (κ2) is 10.8. The van der Waals surface area contributed by atoms with Gasteiger partial charge in [-0.05, 0) is 62.4 Å². The normalized spacial score (nSPS) is 19.3. The van der Waals surface area contributed by atoms with E-state index in [4.69, 9.17) is 9.47 Å². The molecule has 0 radical (unpaired) electrons. The number of para-hydroxylation sites is 1. The molecule has 2 aromatic rings. The summed E-state index contributed by atoms with van der Waals surface area (Å²) in [6.45, 7) is 7.34. The first-order valence-corrected chi connectivity index (χ1v) is 11.5. The van der Waals surface area contributed by atoms with Crippen molar-refractivity contribution in [1.29, 1.82) is 0 Å². The highest BCUT2D eigenvalue weighted by atomic mass is 16.5. The molecule has 3 rings (SSSR count). The molecule has 4 nitrogen and oxygen atoms in total. The first-order chi connectivity index (χ1) is 14.6. The molecule has 1 aliphatic rings. The molecule has 0 spiro atoms. The van der Waals surface area contributed by atoms with E-state index >= 15 is 0 Å². The number of ether oxygens (including phenoxy) is 2. The fourth-order valence-corrected chi connectivity index (χ4v) is 4.64. The van der Waals surface area contributed by atoms with E-state index in [-0.39, 0.29) is 0 Å². The van der Waals surface area contributed by atoms with E-state index in [2.05, 4.69) is 11.8 Å². The van der Waals surface area contributed by atoms with Crippen LogP contribution in [0.5, 0.6) is 11.5 Å². The van der Waals surface area contributed by atoms with Gasteiger partial charge in [-0.2, -0.15) is 0 Å². The topological polar surface area (TPSA) is 41.9 Å². The number of hydrogen-bond acceptors (Lipinski definition) is 4. The lowest BCUT2D eigenvalue weighted by Crippen LogP contribution is -2.40. The number of likely N-dealkylation sites (tertiary alicyclic amines) is 1. The van der Waals surface area contributed by atoms with Crippen molar-refractivity contribution in [3.63, 3.8) is 0 Å². The Kier molecular flexibility index (Phi) is 8.17. The van der Waals surface area contributed by atoms with Gasteiger partial charge in [-0.25, -0.2) is 0 Å². The van der Waals surface area contributed by atoms with E-state index in [9.17, 15) is 5.11 Å². The van der Waals surface area contributed by atoms with Crippen molar-refractivity contribution in [2.75, 3.05) is 26.8 Å². The highest BCUT2D eigenvalue weighted by molar-refractivity contribution is 5.45. The Morgan fingerprint density at radius 1 is 1.07 bits per heavy atom. The summed E-state index contributed by atoms with van der Waals surface area (Å²) >= 11 is 0. The van der Waals surface area contributed by atoms with E-state index in [1.165, 1.54) is 32.2 Å². The zero-order chi connectivity index (χ0) is 21.4. The summed E-state index contributed by atoms with van der Waals surface area (Å²) in [6.07, 6.45) is 6.88. The predicted molar refractivity (Wildman–Crippen MR) is 122 cm³/mol. The zero-order valence-corrected chi connectivity index (χ0v) is 18.8. The Hall–Kier alpha value is -2.04. The molecule has 30 heavy (non-hydrogen) atoms. The standard InChI is InChI=1S/C26H37NO3/c1-4-22-11-8-9-18-27(22)19-10-20-30-23-16-14-21(15-17-23)26(28,5-2)24-12-6-7-13-25(24)29-3/h6-7,12-17,22,28H,4-5,8-11,18-20H2,1-3H3. The average molecular weight is 412 g/mol. The third-order valence-electron chi connectivity index (χ3n) is 6.47. The highest BCUT2D eigenvalue weighted by Gasteiger charge is 2.32. The van der Waals surface area contributed by atoms with Gasteiger partial charge in [0.25, 0.3) is 0 Å². The van der Waals surface area contributed by atoms with E-state index in [1.54, 1.807) is 7.11 Å². The third-order valence-corrected chi connectivity index (χ3v) is 6.47. The Bertz CT molecular complexity index is 776. The average Bonchev–Trinajstić information content (AvgIpc) is 2.82. The molecule has 1 N–H and O–H groups in total. The van der Waals surface area contributed by atoms with Crippen LogP contribution in [0, 0.1) is 0 Å². The molecule has 2 atom stereocenters. The maximum Gasteiger partial charge on any atom is 0.125 e. The smallest absolute Gasteiger partial charge is 0.125 e. The van der Waals surface area contributed by atoms with Gasteiger partial charge in [0.15, 0.2) is 0 Å². The van der Waals surface area contributed by atoms with Crippen molar-refractivity contribution in [3.05, 3.63) is 59.7 Å². The minimum absolute atomic E-state index is 0.558. The Morgan fingerprint density at radius 3 is 2.53 bits per heavy atom. The van der Waals surface area contributed by atoms with Gasteiger partial charge in [0.05, 0.1) is 13.7 Å². The van der Waals surface area contributed by atoms with Crippen molar-refractivity contribution < 1.29 is 14.6 Å². The molecule has 2 aromatic carbocycles. The molecule has 0 saturated carbocycles. The second-order valence-corrected chi connectivity index (χ2v) is 8.23. The quantitative estimate of drug-likeness (QED) is 0.533. The lowest BCUT2D eigenvalue weighted by Gasteiger charge is -2.35. The summed E-state index contributed by atoms with van der Waals surface area (Å²) in [7, 11) is 1.64. The molecule has 4 heteroatoms. The Balaban J connectivity index is 1.58. The van der Waals surface area contributed by atoms with Crippen LogP contribution in [0.3, 0.4) is 0 Å². The number of aliphatic hydroxyl groups is 1. The van der Waals surface area contributed by atoms with Crippen LogP contribution in [0.15, 0.2) is 48.5 Å². The minimum atomic E-state index is -1.09. The molecule has 1 aliphatic heterocycles. The molecule has 1 heterocycles. The maximum atomic E-state index is 11.4. The first kappa shape index (κ1) is 22.6. The fourth-order valence-electron chi connectivity index (χ4n) is 4.64. The summed E-state index contributed by atoms with van der Waals surface area (Å²) in [6, 6.07) is 16.3. The second-order valence-electron chi connectivity index (χ2n) is 8.23. The van der Waals surface area contributed by atoms with Gasteiger partial charge in [-0.15, -0.1) is 0 Å².